The Labute approximate surface area is 290 Å². The number of quaternary nitrogens is 1. The Kier molecular flexibility index (Phi) is 31.7. The second-order valence-electron chi connectivity index (χ2n) is 14.4. The molecule has 0 aliphatic rings. The molecule has 1 unspecified atom stereocenters. The molecule has 0 aromatic carbocycles. The summed E-state index contributed by atoms with van der Waals surface area (Å²) in [6.07, 6.45) is 33.3. The maximum absolute atomic E-state index is 12.6. The Morgan fingerprint density at radius 1 is 0.660 bits per heavy atom. The molecule has 1 N–H and O–H groups in total. The van der Waals surface area contributed by atoms with Crippen molar-refractivity contribution in [3.8, 4) is 0 Å². The number of allylic oxidation sites excluding steroid dienone is 1. The van der Waals surface area contributed by atoms with E-state index in [1.165, 1.54) is 122 Å². The number of hydrogen-bond acceptors (Lipinski definition) is 6. The molecule has 0 aromatic heterocycles. The van der Waals surface area contributed by atoms with E-state index in [1.54, 1.807) is 6.26 Å². The third kappa shape index (κ3) is 36.2. The van der Waals surface area contributed by atoms with Crippen molar-refractivity contribution in [2.24, 2.45) is 0 Å². The molecule has 0 aliphatic carbocycles. The molecule has 0 amide bonds. The van der Waals surface area contributed by atoms with Crippen molar-refractivity contribution in [1.82, 2.24) is 0 Å². The first-order valence-electron chi connectivity index (χ1n) is 19.5. The van der Waals surface area contributed by atoms with Crippen LogP contribution in [0.1, 0.15) is 174 Å². The van der Waals surface area contributed by atoms with Crippen molar-refractivity contribution in [2.75, 3.05) is 47.5 Å². The molecule has 280 valence electrons. The first-order valence-corrected chi connectivity index (χ1v) is 21.0. The number of phosphoric acid groups is 1. The Morgan fingerprint density at radius 2 is 1.11 bits per heavy atom. The number of carbonyl (C=O) groups excluding carboxylic acids is 1. The minimum Gasteiger partial charge on any atom is -0.498 e. The molecule has 0 saturated carbocycles. The molecule has 0 bridgehead atoms. The molecule has 2 atom stereocenters. The lowest BCUT2D eigenvalue weighted by molar-refractivity contribution is -0.870. The number of carbonyl (C=O) groups is 1. The van der Waals surface area contributed by atoms with Gasteiger partial charge in [0, 0.05) is 6.42 Å². The monoisotopic (exact) mass is 691 g/mol. The van der Waals surface area contributed by atoms with E-state index in [0.717, 1.165) is 32.1 Å². The second kappa shape index (κ2) is 32.3. The molecule has 0 radical (unpaired) electrons. The van der Waals surface area contributed by atoms with Gasteiger partial charge in [-0.05, 0) is 25.3 Å². The summed E-state index contributed by atoms with van der Waals surface area (Å²) in [6.45, 7) is 4.93. The zero-order chi connectivity index (χ0) is 34.9. The lowest BCUT2D eigenvalue weighted by atomic mass is 10.0. The Hall–Kier alpha value is -0.920. The van der Waals surface area contributed by atoms with Gasteiger partial charge in [-0.3, -0.25) is 13.8 Å². The van der Waals surface area contributed by atoms with Gasteiger partial charge in [0.05, 0.1) is 34.0 Å². The van der Waals surface area contributed by atoms with Crippen molar-refractivity contribution in [1.29, 1.82) is 0 Å². The van der Waals surface area contributed by atoms with Crippen LogP contribution < -0.4 is 0 Å². The Bertz CT molecular complexity index is 772. The maximum atomic E-state index is 12.6. The average Bonchev–Trinajstić information content (AvgIpc) is 3.01. The highest BCUT2D eigenvalue weighted by Crippen LogP contribution is 2.43. The predicted octanol–water partition coefficient (Wildman–Crippen LogP) is 11.1. The number of hydrogen-bond donors (Lipinski definition) is 1. The summed E-state index contributed by atoms with van der Waals surface area (Å²) in [5, 5.41) is 0. The van der Waals surface area contributed by atoms with Gasteiger partial charge in [-0.15, -0.1) is 0 Å². The van der Waals surface area contributed by atoms with Crippen LogP contribution in [0.25, 0.3) is 0 Å². The summed E-state index contributed by atoms with van der Waals surface area (Å²) in [4.78, 5) is 22.7. The summed E-state index contributed by atoms with van der Waals surface area (Å²) in [6, 6.07) is 0. The van der Waals surface area contributed by atoms with Crippen LogP contribution in [-0.4, -0.2) is 69.0 Å². The molecule has 0 saturated heterocycles. The maximum Gasteiger partial charge on any atom is 0.472 e. The van der Waals surface area contributed by atoms with Crippen LogP contribution >= 0.6 is 7.82 Å². The molecule has 9 heteroatoms. The lowest BCUT2D eigenvalue weighted by Gasteiger charge is -2.24. The molecule has 0 rings (SSSR count). The van der Waals surface area contributed by atoms with Crippen molar-refractivity contribution in [2.45, 2.75) is 180 Å². The van der Waals surface area contributed by atoms with Crippen LogP contribution in [0.2, 0.25) is 0 Å². The highest BCUT2D eigenvalue weighted by Gasteiger charge is 2.26. The fraction of sp³-hybridized carbons (Fsp3) is 0.921. The van der Waals surface area contributed by atoms with Gasteiger partial charge >= 0.3 is 13.8 Å². The lowest BCUT2D eigenvalue weighted by Crippen LogP contribution is -2.37. The molecule has 0 fully saturated rings. The molecule has 0 heterocycles. The average molecular weight is 691 g/mol. The van der Waals surface area contributed by atoms with Gasteiger partial charge in [0.15, 0.2) is 6.10 Å². The van der Waals surface area contributed by atoms with E-state index < -0.39 is 13.9 Å². The molecule has 0 aliphatic heterocycles. The van der Waals surface area contributed by atoms with Gasteiger partial charge in [0.25, 0.3) is 0 Å². The number of likely N-dealkylation sites (N-methyl/N-ethyl adjacent to an activating group) is 1. The van der Waals surface area contributed by atoms with Crippen molar-refractivity contribution in [3.63, 3.8) is 0 Å². The fourth-order valence-corrected chi connectivity index (χ4v) is 6.08. The van der Waals surface area contributed by atoms with Gasteiger partial charge < -0.3 is 18.9 Å². The minimum atomic E-state index is -4.27. The number of esters is 1. The van der Waals surface area contributed by atoms with Gasteiger partial charge in [-0.25, -0.2) is 4.57 Å². The van der Waals surface area contributed by atoms with Crippen LogP contribution in [0.15, 0.2) is 12.3 Å². The third-order valence-corrected chi connectivity index (χ3v) is 9.41. The smallest absolute Gasteiger partial charge is 0.472 e. The molecule has 0 spiro atoms. The first-order chi connectivity index (χ1) is 22.6. The summed E-state index contributed by atoms with van der Waals surface area (Å²) in [5.74, 6) is -0.336. The van der Waals surface area contributed by atoms with Crippen LogP contribution in [0.3, 0.4) is 0 Å². The van der Waals surface area contributed by atoms with Crippen LogP contribution in [-0.2, 0) is 27.9 Å². The van der Waals surface area contributed by atoms with Gasteiger partial charge in [0.2, 0.25) is 0 Å². The number of nitrogens with zero attached hydrogens (tertiary/aromatic N) is 1. The number of ether oxygens (including phenoxy) is 2. The predicted molar refractivity (Wildman–Crippen MR) is 196 cm³/mol. The molecule has 8 nitrogen and oxygen atoms in total. The van der Waals surface area contributed by atoms with Gasteiger partial charge in [0.1, 0.15) is 19.8 Å². The SMILES string of the molecule is CCCCCCCCCCCCCC/C=C\OC[C@H](COP(=O)(O)OCC[N+](C)(C)C)OC(=O)CCCCCCCCCCCCC. The summed E-state index contributed by atoms with van der Waals surface area (Å²) in [5.41, 5.74) is 0. The van der Waals surface area contributed by atoms with E-state index in [2.05, 4.69) is 13.8 Å². The van der Waals surface area contributed by atoms with E-state index in [0.29, 0.717) is 17.4 Å². The number of rotatable bonds is 36. The molecule has 47 heavy (non-hydrogen) atoms. The highest BCUT2D eigenvalue weighted by molar-refractivity contribution is 7.47. The standard InChI is InChI=1S/C38H76NO7P/c1-6-8-10-12-14-16-18-19-20-22-24-26-28-30-33-43-35-37(36-45-47(41,42)44-34-32-39(3,4)5)46-38(40)31-29-27-25-23-21-17-15-13-11-9-7-2/h30,33,37H,6-29,31-32,34-36H2,1-5H3/p+1/b33-30-/t37-/m1/s1. The summed E-state index contributed by atoms with van der Waals surface area (Å²) in [7, 11) is 1.64. The van der Waals surface area contributed by atoms with Crippen molar-refractivity contribution < 1.29 is 37.3 Å². The Morgan fingerprint density at radius 3 is 1.57 bits per heavy atom. The number of unbranched alkanes of at least 4 members (excludes halogenated alkanes) is 22. The van der Waals surface area contributed by atoms with Crippen LogP contribution in [0, 0.1) is 0 Å². The van der Waals surface area contributed by atoms with E-state index in [4.69, 9.17) is 18.5 Å². The van der Waals surface area contributed by atoms with E-state index >= 15 is 0 Å². The van der Waals surface area contributed by atoms with Crippen molar-refractivity contribution in [3.05, 3.63) is 12.3 Å². The Balaban J connectivity index is 4.33. The van der Waals surface area contributed by atoms with Gasteiger partial charge in [-0.1, -0.05) is 149 Å². The van der Waals surface area contributed by atoms with Crippen LogP contribution in [0.4, 0.5) is 0 Å². The summed E-state index contributed by atoms with van der Waals surface area (Å²) >= 11 is 0. The number of phosphoric ester groups is 1. The third-order valence-electron chi connectivity index (χ3n) is 8.42. The zero-order valence-electron chi connectivity index (χ0n) is 31.5. The first kappa shape index (κ1) is 46.1. The fourth-order valence-electron chi connectivity index (χ4n) is 5.34. The topological polar surface area (TPSA) is 91.3 Å². The normalized spacial score (nSPS) is 14.0. The molecular weight excluding hydrogens is 613 g/mol. The summed E-state index contributed by atoms with van der Waals surface area (Å²) < 4.78 is 34.6. The molecular formula is C38H77NO7P+. The quantitative estimate of drug-likeness (QED) is 0.0230. The molecule has 0 aromatic rings. The van der Waals surface area contributed by atoms with E-state index in [9.17, 15) is 14.3 Å². The zero-order valence-corrected chi connectivity index (χ0v) is 32.4. The van der Waals surface area contributed by atoms with Crippen LogP contribution in [0.5, 0.6) is 0 Å². The van der Waals surface area contributed by atoms with Crippen molar-refractivity contribution >= 4 is 13.8 Å². The van der Waals surface area contributed by atoms with E-state index in [-0.39, 0.29) is 25.8 Å². The second-order valence-corrected chi connectivity index (χ2v) is 15.8. The highest BCUT2D eigenvalue weighted by atomic mass is 31.2. The van der Waals surface area contributed by atoms with Gasteiger partial charge in [-0.2, -0.15) is 0 Å². The largest absolute Gasteiger partial charge is 0.498 e. The minimum absolute atomic E-state index is 0.0534. The van der Waals surface area contributed by atoms with E-state index in [1.807, 2.05) is 27.2 Å².